The van der Waals surface area contributed by atoms with Gasteiger partial charge < -0.3 is 23.1 Å². The Morgan fingerprint density at radius 2 is 1.92 bits per heavy atom. The van der Waals surface area contributed by atoms with E-state index in [2.05, 4.69) is 5.32 Å². The van der Waals surface area contributed by atoms with Crippen molar-refractivity contribution in [2.75, 3.05) is 13.2 Å². The summed E-state index contributed by atoms with van der Waals surface area (Å²) in [4.78, 5) is 27.0. The first-order valence-electron chi connectivity index (χ1n) is 11.8. The molecule has 11 heteroatoms. The Hall–Kier alpha value is -2.80. The van der Waals surface area contributed by atoms with Gasteiger partial charge in [0.1, 0.15) is 11.5 Å². The van der Waals surface area contributed by atoms with Gasteiger partial charge in [0, 0.05) is 30.0 Å². The number of hydrogen-bond donors (Lipinski definition) is 2. The number of nitrogens with zero attached hydrogens (tertiary/aromatic N) is 1. The van der Waals surface area contributed by atoms with E-state index in [0.717, 1.165) is 5.56 Å². The minimum Gasteiger partial charge on any atom is -0.494 e. The third kappa shape index (κ3) is 6.75. The van der Waals surface area contributed by atoms with Crippen LogP contribution in [0.25, 0.3) is 0 Å². The van der Waals surface area contributed by atoms with Gasteiger partial charge in [-0.05, 0) is 43.0 Å². The minimum absolute atomic E-state index is 0.0229. The van der Waals surface area contributed by atoms with Gasteiger partial charge in [0.2, 0.25) is 0 Å². The van der Waals surface area contributed by atoms with Crippen LogP contribution in [0.3, 0.4) is 0 Å². The number of carbonyl (C=O) groups is 2. The monoisotopic (exact) mass is 630 g/mol. The molecule has 0 saturated carbocycles. The number of nitrogens with one attached hydrogen (secondary N) is 1. The van der Waals surface area contributed by atoms with Crippen LogP contribution in [0, 0.1) is 0 Å². The number of aryl methyl sites for hydroxylation is 1. The lowest BCUT2D eigenvalue weighted by Gasteiger charge is -2.29. The molecule has 0 bridgehead atoms. The highest BCUT2D eigenvalue weighted by Gasteiger charge is 2.38. The first-order chi connectivity index (χ1) is 17.7. The van der Waals surface area contributed by atoms with E-state index in [4.69, 9.17) is 7.80 Å². The molecule has 7 nitrogen and oxygen atoms in total. The number of aliphatic hydroxyl groups excluding tert-OH is 1. The van der Waals surface area contributed by atoms with Crippen LogP contribution in [0.1, 0.15) is 53.4 Å². The Kier molecular flexibility index (Phi) is 8.63. The standard InChI is InChI=1S/C26H26F3IN2O5/c27-26(28,29)11-4-12-36-18-6-3-5-16(13-18)9-10-17-14-22(37-30)21(23(33)31-17)15-32-24(34)19-7-1-2-8-20(19)25(32)35/h1-3,5-8,13,17,24,34H,4,9-12,14-15H2,(H,31,33). The number of halogens is 4. The van der Waals surface area contributed by atoms with E-state index < -0.39 is 18.8 Å². The van der Waals surface area contributed by atoms with Crippen molar-refractivity contribution in [3.63, 3.8) is 0 Å². The van der Waals surface area contributed by atoms with Gasteiger partial charge in [-0.15, -0.1) is 0 Å². The number of rotatable bonds is 10. The number of carbonyl (C=O) groups excluding carboxylic acids is 2. The van der Waals surface area contributed by atoms with Crippen molar-refractivity contribution in [2.45, 2.75) is 50.6 Å². The fourth-order valence-electron chi connectivity index (χ4n) is 4.48. The topological polar surface area (TPSA) is 88.1 Å². The van der Waals surface area contributed by atoms with Crippen LogP contribution in [0.4, 0.5) is 13.2 Å². The number of alkyl halides is 3. The first-order valence-corrected chi connectivity index (χ1v) is 12.7. The maximum Gasteiger partial charge on any atom is 0.389 e. The zero-order valence-corrected chi connectivity index (χ0v) is 21.9. The lowest BCUT2D eigenvalue weighted by molar-refractivity contribution is -0.136. The second-order valence-electron chi connectivity index (χ2n) is 9.00. The fraction of sp³-hybridized carbons (Fsp3) is 0.385. The van der Waals surface area contributed by atoms with Crippen LogP contribution < -0.4 is 10.1 Å². The van der Waals surface area contributed by atoms with Crippen molar-refractivity contribution in [1.29, 1.82) is 0 Å². The quantitative estimate of drug-likeness (QED) is 0.285. The fourth-order valence-corrected chi connectivity index (χ4v) is 4.93. The third-order valence-electron chi connectivity index (χ3n) is 6.38. The second kappa shape index (κ2) is 11.7. The molecule has 2 amide bonds. The predicted octanol–water partition coefficient (Wildman–Crippen LogP) is 5.00. The summed E-state index contributed by atoms with van der Waals surface area (Å²) in [5.74, 6) is 0.243. The molecule has 37 heavy (non-hydrogen) atoms. The highest BCUT2D eigenvalue weighted by molar-refractivity contribution is 14.1. The van der Waals surface area contributed by atoms with Gasteiger partial charge in [-0.2, -0.15) is 13.2 Å². The number of aliphatic hydroxyl groups is 1. The zero-order chi connectivity index (χ0) is 26.6. The van der Waals surface area contributed by atoms with E-state index >= 15 is 0 Å². The highest BCUT2D eigenvalue weighted by atomic mass is 127. The maximum atomic E-state index is 13.0. The average Bonchev–Trinajstić information content (AvgIpc) is 3.11. The van der Waals surface area contributed by atoms with Crippen LogP contribution in [0.5, 0.6) is 5.75 Å². The summed E-state index contributed by atoms with van der Waals surface area (Å²) in [6, 6.07) is 13.7. The van der Waals surface area contributed by atoms with Gasteiger partial charge >= 0.3 is 6.18 Å². The smallest absolute Gasteiger partial charge is 0.389 e. The highest BCUT2D eigenvalue weighted by Crippen LogP contribution is 2.34. The van der Waals surface area contributed by atoms with Gasteiger partial charge in [-0.25, -0.2) is 0 Å². The molecule has 0 spiro atoms. The maximum absolute atomic E-state index is 13.0. The van der Waals surface area contributed by atoms with Crippen LogP contribution in [0.15, 0.2) is 59.9 Å². The van der Waals surface area contributed by atoms with Gasteiger partial charge in [0.25, 0.3) is 11.8 Å². The van der Waals surface area contributed by atoms with Crippen molar-refractivity contribution in [3.05, 3.63) is 76.6 Å². The second-order valence-corrected chi connectivity index (χ2v) is 9.44. The number of ether oxygens (including phenoxy) is 1. The normalized spacial score (nSPS) is 19.6. The Balaban J connectivity index is 1.34. The molecule has 2 aromatic rings. The Morgan fingerprint density at radius 3 is 2.65 bits per heavy atom. The van der Waals surface area contributed by atoms with Crippen LogP contribution in [-0.4, -0.2) is 47.2 Å². The van der Waals surface area contributed by atoms with Gasteiger partial charge in [0.05, 0.1) is 18.7 Å². The average molecular weight is 630 g/mol. The molecule has 4 rings (SSSR count). The van der Waals surface area contributed by atoms with E-state index in [1.54, 1.807) is 65.5 Å². The molecule has 2 N–H and O–H groups in total. The van der Waals surface area contributed by atoms with Crippen LogP contribution in [0.2, 0.25) is 0 Å². The molecule has 2 heterocycles. The zero-order valence-electron chi connectivity index (χ0n) is 19.8. The van der Waals surface area contributed by atoms with Gasteiger partial charge in [-0.3, -0.25) is 9.59 Å². The largest absolute Gasteiger partial charge is 0.494 e. The SMILES string of the molecule is O=C1NC(CCc2cccc(OCCCC(F)(F)F)c2)CC(OI)=C1CN1C(=O)c2ccccc2C1O. The molecule has 0 radical (unpaired) electrons. The van der Waals surface area contributed by atoms with E-state index in [1.165, 1.54) is 4.90 Å². The predicted molar refractivity (Wildman–Crippen MR) is 137 cm³/mol. The molecule has 0 aromatic heterocycles. The number of benzene rings is 2. The Labute approximate surface area is 226 Å². The Bertz CT molecular complexity index is 1190. The molecule has 2 atom stereocenters. The molecular weight excluding hydrogens is 604 g/mol. The summed E-state index contributed by atoms with van der Waals surface area (Å²) in [6.45, 7) is -0.107. The number of hydrogen-bond acceptors (Lipinski definition) is 5. The molecule has 2 aliphatic heterocycles. The van der Waals surface area contributed by atoms with Crippen molar-refractivity contribution >= 4 is 34.8 Å². The van der Waals surface area contributed by atoms with Crippen molar-refractivity contribution in [2.24, 2.45) is 0 Å². The number of amides is 2. The van der Waals surface area contributed by atoms with Gasteiger partial charge in [0.15, 0.2) is 29.2 Å². The van der Waals surface area contributed by atoms with Crippen molar-refractivity contribution in [1.82, 2.24) is 10.2 Å². The molecule has 0 aliphatic carbocycles. The lowest BCUT2D eigenvalue weighted by atomic mass is 9.96. The molecule has 0 saturated heterocycles. The summed E-state index contributed by atoms with van der Waals surface area (Å²) in [7, 11) is 0. The van der Waals surface area contributed by atoms with E-state index in [-0.39, 0.29) is 37.4 Å². The summed E-state index contributed by atoms with van der Waals surface area (Å²) in [5.41, 5.74) is 2.14. The van der Waals surface area contributed by atoms with Gasteiger partial charge in [-0.1, -0.05) is 30.3 Å². The lowest BCUT2D eigenvalue weighted by Crippen LogP contribution is -2.44. The molecule has 0 fully saturated rings. The summed E-state index contributed by atoms with van der Waals surface area (Å²) in [6.07, 6.45) is -4.71. The number of fused-ring (bicyclic) bond motifs is 1. The molecule has 2 aromatic carbocycles. The molecular formula is C26H26F3IN2O5. The van der Waals surface area contributed by atoms with E-state index in [9.17, 15) is 27.9 Å². The minimum atomic E-state index is -4.20. The Morgan fingerprint density at radius 1 is 1.14 bits per heavy atom. The molecule has 2 aliphatic rings. The first kappa shape index (κ1) is 27.2. The van der Waals surface area contributed by atoms with Crippen molar-refractivity contribution < 1.29 is 35.7 Å². The van der Waals surface area contributed by atoms with Crippen molar-refractivity contribution in [3.8, 4) is 5.75 Å². The van der Waals surface area contributed by atoms with Crippen LogP contribution >= 0.6 is 23.0 Å². The summed E-state index contributed by atoms with van der Waals surface area (Å²) >= 11 is 1.71. The van der Waals surface area contributed by atoms with Crippen LogP contribution in [-0.2, 0) is 14.3 Å². The summed E-state index contributed by atoms with van der Waals surface area (Å²) in [5, 5.41) is 13.6. The third-order valence-corrected chi connectivity index (χ3v) is 6.91. The van der Waals surface area contributed by atoms with E-state index in [0.29, 0.717) is 47.5 Å². The summed E-state index contributed by atoms with van der Waals surface area (Å²) < 4.78 is 47.8. The van der Waals surface area contributed by atoms with E-state index in [1.807, 2.05) is 6.07 Å². The molecule has 198 valence electrons. The molecule has 2 unspecified atom stereocenters.